The van der Waals surface area contributed by atoms with E-state index in [1.54, 1.807) is 19.1 Å². The summed E-state index contributed by atoms with van der Waals surface area (Å²) in [6.45, 7) is 10.4. The lowest BCUT2D eigenvalue weighted by atomic mass is 9.80. The number of nitrogens with one attached hydrogen (secondary N) is 1. The number of aliphatic imine (C=N–C) groups is 1. The molecule has 1 amide bonds. The van der Waals surface area contributed by atoms with Gasteiger partial charge in [0, 0.05) is 19.6 Å². The average Bonchev–Trinajstić information content (AvgIpc) is 2.69. The Morgan fingerprint density at radius 2 is 1.81 bits per heavy atom. The van der Waals surface area contributed by atoms with Crippen molar-refractivity contribution in [3.63, 3.8) is 0 Å². The number of guanidine groups is 1. The highest BCUT2D eigenvalue weighted by molar-refractivity contribution is 14.0. The van der Waals surface area contributed by atoms with Gasteiger partial charge >= 0.3 is 6.09 Å². The van der Waals surface area contributed by atoms with Crippen LogP contribution in [0, 0.1) is 5.41 Å². The van der Waals surface area contributed by atoms with Crippen LogP contribution in [0.1, 0.15) is 46.1 Å². The molecule has 3 N–H and O–H groups in total. The van der Waals surface area contributed by atoms with Crippen molar-refractivity contribution in [2.24, 2.45) is 16.1 Å². The number of likely N-dealkylation sites (tertiary alicyclic amines) is 1. The van der Waals surface area contributed by atoms with E-state index in [1.807, 2.05) is 39.0 Å². The lowest BCUT2D eigenvalue weighted by Crippen LogP contribution is -2.48. The summed E-state index contributed by atoms with van der Waals surface area (Å²) < 4.78 is 16.0. The van der Waals surface area contributed by atoms with Gasteiger partial charge in [0.05, 0.1) is 20.8 Å². The molecule has 0 aliphatic carbocycles. The lowest BCUT2D eigenvalue weighted by molar-refractivity contribution is 0.0123. The Morgan fingerprint density at radius 3 is 2.35 bits per heavy atom. The molecular weight excluding hydrogens is 511 g/mol. The topological polar surface area (TPSA) is 98.4 Å². The zero-order chi connectivity index (χ0) is 22.4. The van der Waals surface area contributed by atoms with E-state index in [1.165, 1.54) is 0 Å². The molecule has 31 heavy (non-hydrogen) atoms. The van der Waals surface area contributed by atoms with Crippen LogP contribution in [0.15, 0.2) is 23.2 Å². The standard InChI is InChI=1S/C22H36N4O4.HI/c1-21(2,3)30-20(27)26-11-9-22(4,10-12-26)15-25-19(23)24-14-16-7-8-17(28-5)18(13-16)29-6;/h7-8,13H,9-12,14-15H2,1-6H3,(H3,23,24,25);1H. The van der Waals surface area contributed by atoms with Gasteiger partial charge in [-0.05, 0) is 56.7 Å². The van der Waals surface area contributed by atoms with Crippen molar-refractivity contribution >= 4 is 36.0 Å². The van der Waals surface area contributed by atoms with Crippen LogP contribution in [-0.4, -0.2) is 56.4 Å². The maximum Gasteiger partial charge on any atom is 0.410 e. The van der Waals surface area contributed by atoms with Crippen molar-refractivity contribution in [2.75, 3.05) is 33.9 Å². The number of halogens is 1. The summed E-state index contributed by atoms with van der Waals surface area (Å²) in [5, 5.41) is 3.23. The minimum Gasteiger partial charge on any atom is -0.493 e. The summed E-state index contributed by atoms with van der Waals surface area (Å²) in [6.07, 6.45) is 1.51. The van der Waals surface area contributed by atoms with Gasteiger partial charge in [0.25, 0.3) is 0 Å². The number of methoxy groups -OCH3 is 2. The molecule has 0 atom stereocenters. The number of piperidine rings is 1. The lowest BCUT2D eigenvalue weighted by Gasteiger charge is -2.39. The minimum atomic E-state index is -0.474. The maximum atomic E-state index is 12.2. The van der Waals surface area contributed by atoms with Crippen molar-refractivity contribution < 1.29 is 19.0 Å². The Labute approximate surface area is 202 Å². The van der Waals surface area contributed by atoms with Gasteiger partial charge < -0.3 is 30.2 Å². The molecule has 1 aromatic rings. The molecule has 0 radical (unpaired) electrons. The molecule has 1 saturated heterocycles. The number of nitrogens with two attached hydrogens (primary N) is 1. The van der Waals surface area contributed by atoms with Crippen LogP contribution in [0.3, 0.4) is 0 Å². The fraction of sp³-hybridized carbons (Fsp3) is 0.636. The Balaban J connectivity index is 0.00000480. The monoisotopic (exact) mass is 548 g/mol. The molecule has 2 rings (SSSR count). The average molecular weight is 548 g/mol. The van der Waals surface area contributed by atoms with E-state index in [0.717, 1.165) is 18.4 Å². The van der Waals surface area contributed by atoms with Crippen molar-refractivity contribution in [2.45, 2.75) is 52.7 Å². The van der Waals surface area contributed by atoms with Gasteiger partial charge in [0.15, 0.2) is 17.5 Å². The van der Waals surface area contributed by atoms with Crippen LogP contribution < -0.4 is 20.5 Å². The third kappa shape index (κ3) is 8.62. The molecular formula is C22H37IN4O4. The molecule has 0 saturated carbocycles. The fourth-order valence-electron chi connectivity index (χ4n) is 3.25. The number of amides is 1. The highest BCUT2D eigenvalue weighted by Gasteiger charge is 2.33. The number of hydrogen-bond donors (Lipinski definition) is 2. The van der Waals surface area contributed by atoms with E-state index in [9.17, 15) is 4.79 Å². The van der Waals surface area contributed by atoms with Gasteiger partial charge in [-0.1, -0.05) is 13.0 Å². The van der Waals surface area contributed by atoms with Crippen LogP contribution in [0.5, 0.6) is 11.5 Å². The molecule has 8 nitrogen and oxygen atoms in total. The number of benzene rings is 1. The van der Waals surface area contributed by atoms with Gasteiger partial charge in [-0.25, -0.2) is 9.79 Å². The maximum absolute atomic E-state index is 12.2. The predicted octanol–water partition coefficient (Wildman–Crippen LogP) is 3.76. The van der Waals surface area contributed by atoms with Crippen LogP contribution in [-0.2, 0) is 11.3 Å². The molecule has 0 bridgehead atoms. The summed E-state index contributed by atoms with van der Waals surface area (Å²) in [6, 6.07) is 5.68. The third-order valence-electron chi connectivity index (χ3n) is 5.20. The Morgan fingerprint density at radius 1 is 1.19 bits per heavy atom. The number of carbonyl (C=O) groups excluding carboxylic acids is 1. The molecule has 1 heterocycles. The second-order valence-corrected chi connectivity index (χ2v) is 9.02. The van der Waals surface area contributed by atoms with Gasteiger partial charge in [-0.3, -0.25) is 0 Å². The number of rotatable bonds is 6. The normalized spacial score (nSPS) is 16.2. The van der Waals surface area contributed by atoms with E-state index >= 15 is 0 Å². The van der Waals surface area contributed by atoms with E-state index in [-0.39, 0.29) is 35.5 Å². The zero-order valence-corrected chi connectivity index (χ0v) is 21.8. The predicted molar refractivity (Wildman–Crippen MR) is 133 cm³/mol. The van der Waals surface area contributed by atoms with Crippen LogP contribution in [0.4, 0.5) is 4.79 Å². The SMILES string of the molecule is COc1ccc(CN=C(N)NCC2(C)CCN(C(=O)OC(C)(C)C)CC2)cc1OC.I. The molecule has 0 unspecified atom stereocenters. The fourth-order valence-corrected chi connectivity index (χ4v) is 3.25. The molecule has 176 valence electrons. The van der Waals surface area contributed by atoms with Crippen LogP contribution in [0.25, 0.3) is 0 Å². The first-order chi connectivity index (χ1) is 14.0. The molecule has 1 aliphatic rings. The van der Waals surface area contributed by atoms with Crippen molar-refractivity contribution in [3.8, 4) is 11.5 Å². The Hall–Kier alpha value is -1.91. The quantitative estimate of drug-likeness (QED) is 0.319. The third-order valence-corrected chi connectivity index (χ3v) is 5.20. The second-order valence-electron chi connectivity index (χ2n) is 9.02. The molecule has 9 heteroatoms. The number of hydrogen-bond acceptors (Lipinski definition) is 5. The van der Waals surface area contributed by atoms with E-state index in [2.05, 4.69) is 17.2 Å². The van der Waals surface area contributed by atoms with Gasteiger partial charge in [-0.15, -0.1) is 24.0 Å². The summed E-state index contributed by atoms with van der Waals surface area (Å²) in [4.78, 5) is 18.4. The number of nitrogens with zero attached hydrogens (tertiary/aromatic N) is 2. The summed E-state index contributed by atoms with van der Waals surface area (Å²) in [5.74, 6) is 1.75. The first-order valence-corrected chi connectivity index (χ1v) is 10.3. The molecule has 1 fully saturated rings. The minimum absolute atomic E-state index is 0. The highest BCUT2D eigenvalue weighted by Crippen LogP contribution is 2.31. The van der Waals surface area contributed by atoms with E-state index in [0.29, 0.717) is 43.6 Å². The molecule has 1 aliphatic heterocycles. The summed E-state index contributed by atoms with van der Waals surface area (Å²) >= 11 is 0. The van der Waals surface area contributed by atoms with Crippen molar-refractivity contribution in [1.29, 1.82) is 0 Å². The molecule has 0 spiro atoms. The first kappa shape index (κ1) is 27.1. The van der Waals surface area contributed by atoms with E-state index < -0.39 is 5.60 Å². The van der Waals surface area contributed by atoms with E-state index in [4.69, 9.17) is 19.9 Å². The Kier molecular flexibility index (Phi) is 10.2. The Bertz CT molecular complexity index is 756. The highest BCUT2D eigenvalue weighted by atomic mass is 127. The number of carbonyl (C=O) groups is 1. The van der Waals surface area contributed by atoms with Crippen LogP contribution >= 0.6 is 24.0 Å². The van der Waals surface area contributed by atoms with Crippen LogP contribution in [0.2, 0.25) is 0 Å². The summed E-state index contributed by atoms with van der Waals surface area (Å²) in [5.41, 5.74) is 6.62. The largest absolute Gasteiger partial charge is 0.493 e. The second kappa shape index (κ2) is 11.6. The molecule has 0 aromatic heterocycles. The zero-order valence-electron chi connectivity index (χ0n) is 19.5. The van der Waals surface area contributed by atoms with Gasteiger partial charge in [0.2, 0.25) is 0 Å². The number of ether oxygens (including phenoxy) is 3. The van der Waals surface area contributed by atoms with Crippen molar-refractivity contribution in [3.05, 3.63) is 23.8 Å². The van der Waals surface area contributed by atoms with Gasteiger partial charge in [0.1, 0.15) is 5.60 Å². The summed E-state index contributed by atoms with van der Waals surface area (Å²) in [7, 11) is 3.21. The first-order valence-electron chi connectivity index (χ1n) is 10.3. The van der Waals surface area contributed by atoms with Crippen molar-refractivity contribution in [1.82, 2.24) is 10.2 Å². The van der Waals surface area contributed by atoms with Gasteiger partial charge in [-0.2, -0.15) is 0 Å². The molecule has 1 aromatic carbocycles. The smallest absolute Gasteiger partial charge is 0.410 e.